The van der Waals surface area contributed by atoms with E-state index in [1.807, 2.05) is 19.1 Å². The Morgan fingerprint density at radius 1 is 1.34 bits per heavy atom. The number of anilines is 1. The third-order valence-electron chi connectivity index (χ3n) is 5.37. The lowest BCUT2D eigenvalue weighted by molar-refractivity contribution is -0.122. The average molecular weight is 443 g/mol. The molecule has 2 aromatic rings. The lowest BCUT2D eigenvalue weighted by Crippen LogP contribution is -2.43. The van der Waals surface area contributed by atoms with Crippen LogP contribution >= 0.6 is 0 Å². The van der Waals surface area contributed by atoms with E-state index in [4.69, 9.17) is 10.5 Å². The summed E-state index contributed by atoms with van der Waals surface area (Å²) in [5.74, 6) is 1.39. The van der Waals surface area contributed by atoms with Crippen molar-refractivity contribution in [3.05, 3.63) is 54.0 Å². The summed E-state index contributed by atoms with van der Waals surface area (Å²) in [6.07, 6.45) is 3.34. The van der Waals surface area contributed by atoms with Gasteiger partial charge in [-0.2, -0.15) is 0 Å². The molecule has 3 rings (SSSR count). The number of carbonyl (C=O) groups excluding carboxylic acids is 1. The van der Waals surface area contributed by atoms with Crippen LogP contribution < -0.4 is 26.0 Å². The average Bonchev–Trinajstić information content (AvgIpc) is 2.81. The first-order valence-electron chi connectivity index (χ1n) is 10.8. The molecule has 0 saturated carbocycles. The minimum absolute atomic E-state index is 0.146. The van der Waals surface area contributed by atoms with E-state index >= 15 is 0 Å². The predicted molar refractivity (Wildman–Crippen MR) is 123 cm³/mol. The number of nitrogens with zero attached hydrogens (tertiary/aromatic N) is 3. The molecule has 1 saturated heterocycles. The van der Waals surface area contributed by atoms with Gasteiger partial charge in [0.25, 0.3) is 0 Å². The monoisotopic (exact) mass is 442 g/mol. The molecular weight excluding hydrogens is 411 g/mol. The molecular formula is C23H31FN6O2. The van der Waals surface area contributed by atoms with Gasteiger partial charge in [0.1, 0.15) is 23.5 Å². The molecule has 0 bridgehead atoms. The molecule has 0 spiro atoms. The van der Waals surface area contributed by atoms with Crippen LogP contribution in [0.2, 0.25) is 0 Å². The molecule has 0 aliphatic carbocycles. The van der Waals surface area contributed by atoms with Crippen molar-refractivity contribution in [2.75, 3.05) is 31.6 Å². The summed E-state index contributed by atoms with van der Waals surface area (Å²) in [5.41, 5.74) is 6.54. The maximum Gasteiger partial charge on any atom is 0.222 e. The number of hydrogen-bond acceptors (Lipinski definition) is 5. The standard InChI is InChI=1S/C23H31FN6O2/c1-16(32-20-9-7-19(24)8-10-20)13-28-23(26-2)29-14-17-5-3-11-27-22(17)30-12-4-6-18(15-30)21(25)31/h3,5,7-11,16,18H,4,6,12-15H2,1-2H3,(H2,25,31)(H2,26,28,29). The molecule has 1 aromatic heterocycles. The van der Waals surface area contributed by atoms with Crippen LogP contribution in [0.25, 0.3) is 0 Å². The van der Waals surface area contributed by atoms with E-state index in [1.165, 1.54) is 12.1 Å². The SMILES string of the molecule is CN=C(NCc1cccnc1N1CCCC(C(N)=O)C1)NCC(C)Oc1ccc(F)cc1. The number of nitrogens with one attached hydrogen (secondary N) is 2. The van der Waals surface area contributed by atoms with Crippen LogP contribution in [0.4, 0.5) is 10.2 Å². The number of aliphatic imine (C=N–C) groups is 1. The van der Waals surface area contributed by atoms with Crippen molar-refractivity contribution in [2.24, 2.45) is 16.6 Å². The largest absolute Gasteiger partial charge is 0.489 e. The summed E-state index contributed by atoms with van der Waals surface area (Å²) in [7, 11) is 1.70. The van der Waals surface area contributed by atoms with Crippen molar-refractivity contribution in [3.8, 4) is 5.75 Å². The minimum Gasteiger partial charge on any atom is -0.489 e. The number of nitrogens with two attached hydrogens (primary N) is 1. The van der Waals surface area contributed by atoms with Gasteiger partial charge in [-0.25, -0.2) is 9.37 Å². The number of ether oxygens (including phenoxy) is 1. The number of pyridine rings is 1. The van der Waals surface area contributed by atoms with Gasteiger partial charge < -0.3 is 26.0 Å². The molecule has 2 unspecified atom stereocenters. The molecule has 1 aliphatic rings. The second kappa shape index (κ2) is 11.3. The van der Waals surface area contributed by atoms with Crippen molar-refractivity contribution in [3.63, 3.8) is 0 Å². The zero-order valence-corrected chi connectivity index (χ0v) is 18.6. The van der Waals surface area contributed by atoms with Crippen LogP contribution in [0.1, 0.15) is 25.3 Å². The van der Waals surface area contributed by atoms with Crippen LogP contribution in [0.3, 0.4) is 0 Å². The van der Waals surface area contributed by atoms with Gasteiger partial charge in [0.05, 0.1) is 12.5 Å². The Hall–Kier alpha value is -3.36. The van der Waals surface area contributed by atoms with Crippen LogP contribution in [-0.4, -0.2) is 49.6 Å². The van der Waals surface area contributed by atoms with Crippen molar-refractivity contribution in [2.45, 2.75) is 32.4 Å². The van der Waals surface area contributed by atoms with E-state index in [9.17, 15) is 9.18 Å². The summed E-state index contributed by atoms with van der Waals surface area (Å²) in [6.45, 7) is 4.40. The van der Waals surface area contributed by atoms with Gasteiger partial charge >= 0.3 is 0 Å². The topological polar surface area (TPSA) is 105 Å². The molecule has 2 heterocycles. The molecule has 4 N–H and O–H groups in total. The molecule has 2 atom stereocenters. The zero-order valence-electron chi connectivity index (χ0n) is 18.6. The number of aromatic nitrogens is 1. The summed E-state index contributed by atoms with van der Waals surface area (Å²) in [5, 5.41) is 6.54. The van der Waals surface area contributed by atoms with E-state index in [2.05, 4.69) is 25.5 Å². The van der Waals surface area contributed by atoms with Gasteiger partial charge in [0, 0.05) is 38.4 Å². The number of primary amides is 1. The Labute approximate surface area is 188 Å². The Morgan fingerprint density at radius 3 is 2.84 bits per heavy atom. The second-order valence-corrected chi connectivity index (χ2v) is 7.86. The second-order valence-electron chi connectivity index (χ2n) is 7.86. The molecule has 172 valence electrons. The normalized spacial score (nSPS) is 17.5. The molecule has 9 heteroatoms. The Kier molecular flexibility index (Phi) is 8.24. The maximum absolute atomic E-state index is 13.0. The quantitative estimate of drug-likeness (QED) is 0.427. The van der Waals surface area contributed by atoms with Crippen molar-refractivity contribution < 1.29 is 13.9 Å². The summed E-state index contributed by atoms with van der Waals surface area (Å²) in [4.78, 5) is 22.6. The highest BCUT2D eigenvalue weighted by atomic mass is 19.1. The lowest BCUT2D eigenvalue weighted by Gasteiger charge is -2.33. The summed E-state index contributed by atoms with van der Waals surface area (Å²) in [6, 6.07) is 9.85. The third kappa shape index (κ3) is 6.57. The highest BCUT2D eigenvalue weighted by Gasteiger charge is 2.26. The zero-order chi connectivity index (χ0) is 22.9. The number of halogens is 1. The molecule has 32 heavy (non-hydrogen) atoms. The number of amides is 1. The van der Waals surface area contributed by atoms with E-state index < -0.39 is 0 Å². The highest BCUT2D eigenvalue weighted by molar-refractivity contribution is 5.80. The summed E-state index contributed by atoms with van der Waals surface area (Å²) >= 11 is 0. The predicted octanol–water partition coefficient (Wildman–Crippen LogP) is 2.05. The van der Waals surface area contributed by atoms with Gasteiger partial charge in [-0.15, -0.1) is 0 Å². The first-order valence-corrected chi connectivity index (χ1v) is 10.8. The minimum atomic E-state index is -0.294. The van der Waals surface area contributed by atoms with Crippen molar-refractivity contribution >= 4 is 17.7 Å². The van der Waals surface area contributed by atoms with Crippen LogP contribution in [-0.2, 0) is 11.3 Å². The lowest BCUT2D eigenvalue weighted by atomic mass is 9.97. The van der Waals surface area contributed by atoms with E-state index in [1.54, 1.807) is 25.4 Å². The van der Waals surface area contributed by atoms with Crippen LogP contribution in [0, 0.1) is 11.7 Å². The molecule has 8 nitrogen and oxygen atoms in total. The van der Waals surface area contributed by atoms with E-state index in [0.29, 0.717) is 31.3 Å². The molecule has 0 radical (unpaired) electrons. The number of guanidine groups is 1. The molecule has 1 aromatic carbocycles. The Morgan fingerprint density at radius 2 is 2.12 bits per heavy atom. The fourth-order valence-electron chi connectivity index (χ4n) is 3.68. The molecule has 1 fully saturated rings. The number of hydrogen-bond donors (Lipinski definition) is 3. The fourth-order valence-corrected chi connectivity index (χ4v) is 3.68. The first-order chi connectivity index (χ1) is 15.5. The van der Waals surface area contributed by atoms with Gasteiger partial charge in [-0.05, 0) is 50.1 Å². The van der Waals surface area contributed by atoms with E-state index in [-0.39, 0.29) is 23.7 Å². The fraction of sp³-hybridized carbons (Fsp3) is 0.435. The van der Waals surface area contributed by atoms with Gasteiger partial charge in [-0.3, -0.25) is 9.79 Å². The summed E-state index contributed by atoms with van der Waals surface area (Å²) < 4.78 is 18.8. The molecule has 1 amide bonds. The van der Waals surface area contributed by atoms with Crippen molar-refractivity contribution in [1.29, 1.82) is 0 Å². The number of piperidine rings is 1. The van der Waals surface area contributed by atoms with E-state index in [0.717, 1.165) is 30.8 Å². The Bertz CT molecular complexity index is 921. The smallest absolute Gasteiger partial charge is 0.222 e. The highest BCUT2D eigenvalue weighted by Crippen LogP contribution is 2.24. The van der Waals surface area contributed by atoms with Crippen LogP contribution in [0.5, 0.6) is 5.75 Å². The first kappa shape index (κ1) is 23.3. The third-order valence-corrected chi connectivity index (χ3v) is 5.37. The number of benzene rings is 1. The maximum atomic E-state index is 13.0. The van der Waals surface area contributed by atoms with Gasteiger partial charge in [0.2, 0.25) is 5.91 Å². The Balaban J connectivity index is 1.53. The van der Waals surface area contributed by atoms with Crippen LogP contribution in [0.15, 0.2) is 47.6 Å². The van der Waals surface area contributed by atoms with Gasteiger partial charge in [-0.1, -0.05) is 6.07 Å². The number of carbonyl (C=O) groups is 1. The van der Waals surface area contributed by atoms with Gasteiger partial charge in [0.15, 0.2) is 5.96 Å². The number of rotatable bonds is 8. The van der Waals surface area contributed by atoms with Crippen molar-refractivity contribution in [1.82, 2.24) is 15.6 Å². The molecule has 1 aliphatic heterocycles.